The SMILES string of the molecule is NC(=O)CONC(=O)CC1CCSCC1. The van der Waals surface area contributed by atoms with Gasteiger partial charge in [0.15, 0.2) is 6.61 Å². The van der Waals surface area contributed by atoms with Gasteiger partial charge in [-0.2, -0.15) is 11.8 Å². The summed E-state index contributed by atoms with van der Waals surface area (Å²) in [7, 11) is 0. The van der Waals surface area contributed by atoms with E-state index in [1.165, 1.54) is 0 Å². The molecule has 0 atom stereocenters. The van der Waals surface area contributed by atoms with Gasteiger partial charge in [0.1, 0.15) is 0 Å². The molecule has 0 bridgehead atoms. The Kier molecular flexibility index (Phi) is 5.49. The molecule has 1 rings (SSSR count). The van der Waals surface area contributed by atoms with Crippen molar-refractivity contribution in [3.05, 3.63) is 0 Å². The summed E-state index contributed by atoms with van der Waals surface area (Å²) in [5.41, 5.74) is 7.06. The topological polar surface area (TPSA) is 81.4 Å². The van der Waals surface area contributed by atoms with Crippen molar-refractivity contribution in [2.75, 3.05) is 18.1 Å². The van der Waals surface area contributed by atoms with Crippen LogP contribution < -0.4 is 11.2 Å². The Bertz CT molecular complexity index is 229. The molecule has 0 spiro atoms. The standard InChI is InChI=1S/C9H16N2O3S/c10-8(12)6-14-11-9(13)5-7-1-3-15-4-2-7/h7H,1-6H2,(H2,10,12)(H,11,13). The molecule has 0 aromatic carbocycles. The second-order valence-corrected chi connectivity index (χ2v) is 4.76. The number of carbonyl (C=O) groups excluding carboxylic acids is 2. The molecule has 0 aromatic rings. The van der Waals surface area contributed by atoms with Crippen LogP contribution in [0.2, 0.25) is 0 Å². The van der Waals surface area contributed by atoms with E-state index >= 15 is 0 Å². The second kappa shape index (κ2) is 6.68. The Labute approximate surface area is 93.1 Å². The normalized spacial score (nSPS) is 17.3. The molecule has 5 nitrogen and oxygen atoms in total. The van der Waals surface area contributed by atoms with Gasteiger partial charge in [0, 0.05) is 6.42 Å². The van der Waals surface area contributed by atoms with Crippen LogP contribution in [-0.2, 0) is 14.4 Å². The Morgan fingerprint density at radius 2 is 2.07 bits per heavy atom. The van der Waals surface area contributed by atoms with Gasteiger partial charge in [-0.3, -0.25) is 14.4 Å². The highest BCUT2D eigenvalue weighted by Crippen LogP contribution is 2.24. The molecule has 1 saturated heterocycles. The van der Waals surface area contributed by atoms with Gasteiger partial charge in [-0.05, 0) is 30.3 Å². The number of nitrogens with one attached hydrogen (secondary N) is 1. The number of rotatable bonds is 5. The van der Waals surface area contributed by atoms with Crippen molar-refractivity contribution in [2.45, 2.75) is 19.3 Å². The number of nitrogens with two attached hydrogens (primary N) is 1. The van der Waals surface area contributed by atoms with Crippen molar-refractivity contribution in [1.82, 2.24) is 5.48 Å². The minimum Gasteiger partial charge on any atom is -0.368 e. The quantitative estimate of drug-likeness (QED) is 0.656. The summed E-state index contributed by atoms with van der Waals surface area (Å²) in [4.78, 5) is 26.2. The molecule has 1 aliphatic rings. The van der Waals surface area contributed by atoms with Crippen molar-refractivity contribution < 1.29 is 14.4 Å². The fraction of sp³-hybridized carbons (Fsp3) is 0.778. The lowest BCUT2D eigenvalue weighted by molar-refractivity contribution is -0.138. The van der Waals surface area contributed by atoms with E-state index in [9.17, 15) is 9.59 Å². The summed E-state index contributed by atoms with van der Waals surface area (Å²) >= 11 is 1.92. The number of carbonyl (C=O) groups is 2. The first-order chi connectivity index (χ1) is 7.18. The van der Waals surface area contributed by atoms with Crippen molar-refractivity contribution >= 4 is 23.6 Å². The van der Waals surface area contributed by atoms with Crippen LogP contribution in [0.5, 0.6) is 0 Å². The van der Waals surface area contributed by atoms with Gasteiger partial charge in [-0.15, -0.1) is 0 Å². The van der Waals surface area contributed by atoms with Crippen LogP contribution in [-0.4, -0.2) is 29.9 Å². The van der Waals surface area contributed by atoms with Gasteiger partial charge >= 0.3 is 0 Å². The maximum absolute atomic E-state index is 11.3. The zero-order chi connectivity index (χ0) is 11.1. The van der Waals surface area contributed by atoms with E-state index in [0.717, 1.165) is 24.3 Å². The van der Waals surface area contributed by atoms with Gasteiger partial charge in [0.25, 0.3) is 0 Å². The van der Waals surface area contributed by atoms with Gasteiger partial charge in [0.05, 0.1) is 0 Å². The second-order valence-electron chi connectivity index (χ2n) is 3.54. The summed E-state index contributed by atoms with van der Waals surface area (Å²) in [5.74, 6) is 1.93. The van der Waals surface area contributed by atoms with E-state index in [2.05, 4.69) is 10.3 Å². The number of primary amides is 1. The van der Waals surface area contributed by atoms with Gasteiger partial charge in [-0.1, -0.05) is 0 Å². The number of thioether (sulfide) groups is 1. The van der Waals surface area contributed by atoms with E-state index in [-0.39, 0.29) is 12.5 Å². The van der Waals surface area contributed by atoms with Crippen LogP contribution in [0, 0.1) is 5.92 Å². The fourth-order valence-corrected chi connectivity index (χ4v) is 2.65. The maximum atomic E-state index is 11.3. The highest BCUT2D eigenvalue weighted by atomic mass is 32.2. The Balaban J connectivity index is 2.09. The molecule has 2 amide bonds. The summed E-state index contributed by atoms with van der Waals surface area (Å²) in [6, 6.07) is 0. The molecule has 1 aliphatic heterocycles. The molecule has 3 N–H and O–H groups in total. The zero-order valence-electron chi connectivity index (χ0n) is 8.53. The first-order valence-electron chi connectivity index (χ1n) is 4.95. The van der Waals surface area contributed by atoms with Gasteiger partial charge < -0.3 is 5.73 Å². The Hall–Kier alpha value is -0.750. The smallest absolute Gasteiger partial charge is 0.246 e. The average molecular weight is 232 g/mol. The van der Waals surface area contributed by atoms with Crippen molar-refractivity contribution in [1.29, 1.82) is 0 Å². The van der Waals surface area contributed by atoms with Crippen molar-refractivity contribution in [3.8, 4) is 0 Å². The third kappa shape index (κ3) is 5.64. The fourth-order valence-electron chi connectivity index (χ4n) is 1.44. The molecular formula is C9H16N2O3S. The molecule has 0 unspecified atom stereocenters. The molecule has 1 heterocycles. The number of hydrogen-bond donors (Lipinski definition) is 2. The lowest BCUT2D eigenvalue weighted by Crippen LogP contribution is -2.31. The van der Waals surface area contributed by atoms with Crippen LogP contribution in [0.25, 0.3) is 0 Å². The largest absolute Gasteiger partial charge is 0.368 e. The highest BCUT2D eigenvalue weighted by molar-refractivity contribution is 7.99. The zero-order valence-corrected chi connectivity index (χ0v) is 9.35. The average Bonchev–Trinajstić information content (AvgIpc) is 2.18. The van der Waals surface area contributed by atoms with Crippen LogP contribution in [0.3, 0.4) is 0 Å². The maximum Gasteiger partial charge on any atom is 0.246 e. The van der Waals surface area contributed by atoms with E-state index in [0.29, 0.717) is 12.3 Å². The Morgan fingerprint density at radius 1 is 1.40 bits per heavy atom. The van der Waals surface area contributed by atoms with E-state index in [4.69, 9.17) is 5.73 Å². The highest BCUT2D eigenvalue weighted by Gasteiger charge is 2.17. The number of hydrogen-bond acceptors (Lipinski definition) is 4. The van der Waals surface area contributed by atoms with Crippen LogP contribution >= 0.6 is 11.8 Å². The summed E-state index contributed by atoms with van der Waals surface area (Å²) in [6.45, 7) is -0.272. The molecule has 0 radical (unpaired) electrons. The molecule has 0 aromatic heterocycles. The molecule has 1 fully saturated rings. The third-order valence-electron chi connectivity index (χ3n) is 2.22. The summed E-state index contributed by atoms with van der Waals surface area (Å²) in [5, 5.41) is 0. The van der Waals surface area contributed by atoms with Crippen LogP contribution in [0.4, 0.5) is 0 Å². The van der Waals surface area contributed by atoms with Gasteiger partial charge in [0.2, 0.25) is 11.8 Å². The van der Waals surface area contributed by atoms with Crippen LogP contribution in [0.1, 0.15) is 19.3 Å². The van der Waals surface area contributed by atoms with Crippen molar-refractivity contribution in [2.24, 2.45) is 11.7 Å². The molecule has 6 heteroatoms. The number of amides is 2. The van der Waals surface area contributed by atoms with Gasteiger partial charge in [-0.25, -0.2) is 5.48 Å². The summed E-state index contributed by atoms with van der Waals surface area (Å²) < 4.78 is 0. The minimum atomic E-state index is -0.593. The van der Waals surface area contributed by atoms with E-state index in [1.54, 1.807) is 0 Å². The lowest BCUT2D eigenvalue weighted by Gasteiger charge is -2.20. The first-order valence-corrected chi connectivity index (χ1v) is 6.10. The third-order valence-corrected chi connectivity index (χ3v) is 3.26. The summed E-state index contributed by atoms with van der Waals surface area (Å²) in [6.07, 6.45) is 2.63. The monoisotopic (exact) mass is 232 g/mol. The molecule has 86 valence electrons. The lowest BCUT2D eigenvalue weighted by atomic mass is 9.99. The molecule has 0 saturated carbocycles. The van der Waals surface area contributed by atoms with Crippen LogP contribution in [0.15, 0.2) is 0 Å². The first kappa shape index (κ1) is 12.3. The molecule has 0 aliphatic carbocycles. The minimum absolute atomic E-state index is 0.173. The predicted octanol–water partition coefficient (Wildman–Crippen LogP) is 0.0528. The molecular weight excluding hydrogens is 216 g/mol. The predicted molar refractivity (Wildman–Crippen MR) is 58.0 cm³/mol. The Morgan fingerprint density at radius 3 is 2.67 bits per heavy atom. The van der Waals surface area contributed by atoms with E-state index < -0.39 is 5.91 Å². The number of hydroxylamine groups is 1. The molecule has 15 heavy (non-hydrogen) atoms. The van der Waals surface area contributed by atoms with E-state index in [1.807, 2.05) is 11.8 Å². The van der Waals surface area contributed by atoms with Crippen molar-refractivity contribution in [3.63, 3.8) is 0 Å².